The minimum absolute atomic E-state index is 0.107. The summed E-state index contributed by atoms with van der Waals surface area (Å²) in [7, 11) is 3.31. The molecule has 0 radical (unpaired) electrons. The number of carbonyl (C=O) groups excluding carboxylic acids is 2. The van der Waals surface area contributed by atoms with Gasteiger partial charge in [-0.2, -0.15) is 10.1 Å². The van der Waals surface area contributed by atoms with Crippen LogP contribution < -0.4 is 36.0 Å². The number of halogens is 4. The van der Waals surface area contributed by atoms with E-state index in [1.165, 1.54) is 9.25 Å². The number of hydrogen-bond donors (Lipinski definition) is 3. The Kier molecular flexibility index (Phi) is 11.3. The number of hydrogen-bond acceptors (Lipinski definition) is 12. The number of ether oxygens (including phenoxy) is 1. The zero-order valence-electron chi connectivity index (χ0n) is 38.6. The van der Waals surface area contributed by atoms with Crippen molar-refractivity contribution in [2.24, 2.45) is 31.3 Å². The molecule has 1 aliphatic carbocycles. The summed E-state index contributed by atoms with van der Waals surface area (Å²) in [6.45, 7) is 6.75. The fourth-order valence-electron chi connectivity index (χ4n) is 11.8. The second kappa shape index (κ2) is 17.1. The molecule has 1 saturated carbocycles. The van der Waals surface area contributed by atoms with Crippen LogP contribution in [-0.4, -0.2) is 105 Å². The monoisotopic (exact) mass is 955 g/mol. The molecule has 15 nitrogen and oxygen atoms in total. The first-order valence-electron chi connectivity index (χ1n) is 24.1. The van der Waals surface area contributed by atoms with Gasteiger partial charge >= 0.3 is 5.92 Å². The molecule has 0 bridgehead atoms. The van der Waals surface area contributed by atoms with Crippen LogP contribution in [0.15, 0.2) is 41.3 Å². The molecule has 1 spiro atoms. The Hall–Kier alpha value is -5.62. The summed E-state index contributed by atoms with van der Waals surface area (Å²) >= 11 is 6.68. The van der Waals surface area contributed by atoms with Crippen LogP contribution in [-0.2, 0) is 23.7 Å². The molecule has 68 heavy (non-hydrogen) atoms. The number of fused-ring (bicyclic) bond motifs is 4. The van der Waals surface area contributed by atoms with Crippen molar-refractivity contribution in [3.8, 4) is 5.75 Å². The highest BCUT2D eigenvalue weighted by molar-refractivity contribution is 6.33. The average molecular weight is 957 g/mol. The number of benzene rings is 2. The minimum Gasteiger partial charge on any atom is -0.480 e. The number of amides is 2. The number of imide groups is 1. The van der Waals surface area contributed by atoms with Crippen LogP contribution in [0.25, 0.3) is 21.8 Å². The SMILES string of the molecule is C[C@H](C1CCN(c2ccc3c(C4CCC(=O)NC4=O)nn(C)c3c2F)CC1)N1CCC2(CCN(c3ncc(Cl)c(Nc4ccc5c(c4)c4c(c(=O)n5C)OCC(F)(F)[C@H](C5CC5)N4)n3)CC2)CC1. The molecular formula is C49H57ClF3N11O4. The lowest BCUT2D eigenvalue weighted by Crippen LogP contribution is -2.51. The van der Waals surface area contributed by atoms with Gasteiger partial charge in [-0.05, 0) is 125 Å². The van der Waals surface area contributed by atoms with Gasteiger partial charge in [0.25, 0.3) is 5.56 Å². The van der Waals surface area contributed by atoms with E-state index in [2.05, 4.69) is 47.7 Å². The standard InChI is InChI=1S/C49H57ClF3N11O4/c1-27(28-12-18-63(19-13-28)36-10-7-31-39(59-61(3)41(31)38(36)51)32-8-11-37(65)56-45(32)66)62-20-14-48(15-21-62)16-22-64(23-17-48)47-54-25-34(50)44(58-47)55-30-6-9-35-33(24-30)40-42(46(67)60(35)2)68-26-49(52,53)43(57-40)29-4-5-29/h6-7,9-10,24-25,27-29,32,43,57H,4-5,8,11-23,26H2,1-3H3,(H,54,55,58)(H,56,65,66)/t27-,32?,43+/m1/s1. The Morgan fingerprint density at radius 1 is 0.912 bits per heavy atom. The van der Waals surface area contributed by atoms with Crippen molar-refractivity contribution in [1.29, 1.82) is 0 Å². The molecule has 2 amide bonds. The Labute approximate surface area is 396 Å². The van der Waals surface area contributed by atoms with E-state index in [9.17, 15) is 14.4 Å². The lowest BCUT2D eigenvalue weighted by atomic mass is 9.70. The Bertz CT molecular complexity index is 2880. The van der Waals surface area contributed by atoms with E-state index >= 15 is 13.2 Å². The quantitative estimate of drug-likeness (QED) is 0.132. The van der Waals surface area contributed by atoms with Gasteiger partial charge in [0.15, 0.2) is 18.2 Å². The predicted octanol–water partition coefficient (Wildman–Crippen LogP) is 7.48. The highest BCUT2D eigenvalue weighted by Gasteiger charge is 2.51. The lowest BCUT2D eigenvalue weighted by molar-refractivity contribution is -0.134. The van der Waals surface area contributed by atoms with Gasteiger partial charge in [-0.25, -0.2) is 18.2 Å². The third-order valence-corrected chi connectivity index (χ3v) is 16.5. The summed E-state index contributed by atoms with van der Waals surface area (Å²) < 4.78 is 55.2. The maximum atomic E-state index is 16.3. The van der Waals surface area contributed by atoms with Crippen LogP contribution in [0.2, 0.25) is 5.02 Å². The third kappa shape index (κ3) is 7.98. The first kappa shape index (κ1) is 44.9. The number of anilines is 5. The summed E-state index contributed by atoms with van der Waals surface area (Å²) in [6, 6.07) is 8.39. The average Bonchev–Trinajstić information content (AvgIpc) is 4.13. The van der Waals surface area contributed by atoms with Gasteiger partial charge in [-0.15, -0.1) is 0 Å². The van der Waals surface area contributed by atoms with Gasteiger partial charge in [-0.3, -0.25) is 24.4 Å². The summed E-state index contributed by atoms with van der Waals surface area (Å²) in [6.07, 6.45) is 9.87. The van der Waals surface area contributed by atoms with Gasteiger partial charge in [0.2, 0.25) is 23.5 Å². The van der Waals surface area contributed by atoms with Crippen molar-refractivity contribution in [2.75, 3.05) is 66.3 Å². The zero-order chi connectivity index (χ0) is 47.2. The third-order valence-electron chi connectivity index (χ3n) is 16.2. The maximum absolute atomic E-state index is 16.3. The highest BCUT2D eigenvalue weighted by atomic mass is 35.5. The van der Waals surface area contributed by atoms with E-state index in [1.807, 2.05) is 24.3 Å². The van der Waals surface area contributed by atoms with E-state index in [0.717, 1.165) is 77.8 Å². The van der Waals surface area contributed by atoms with Crippen molar-refractivity contribution in [1.82, 2.24) is 34.5 Å². The molecule has 360 valence electrons. The first-order chi connectivity index (χ1) is 32.7. The van der Waals surface area contributed by atoms with Crippen LogP contribution in [0.3, 0.4) is 0 Å². The number of nitrogens with one attached hydrogen (secondary N) is 3. The molecule has 1 unspecified atom stereocenters. The number of alkyl halides is 2. The molecule has 6 aliphatic rings. The first-order valence-corrected chi connectivity index (χ1v) is 24.5. The zero-order valence-corrected chi connectivity index (χ0v) is 39.4. The fraction of sp³-hybridized carbons (Fsp3) is 0.551. The second-order valence-electron chi connectivity index (χ2n) is 20.2. The molecule has 5 aromatic rings. The summed E-state index contributed by atoms with van der Waals surface area (Å²) in [5.41, 5.74) is 2.71. The largest absolute Gasteiger partial charge is 0.480 e. The number of piperidine rings is 4. The normalized spacial score (nSPS) is 23.8. The van der Waals surface area contributed by atoms with Crippen LogP contribution in [0.5, 0.6) is 5.75 Å². The second-order valence-corrected chi connectivity index (χ2v) is 20.6. The van der Waals surface area contributed by atoms with E-state index < -0.39 is 30.0 Å². The molecule has 3 N–H and O–H groups in total. The van der Waals surface area contributed by atoms with Gasteiger partial charge in [-0.1, -0.05) is 11.6 Å². The van der Waals surface area contributed by atoms with Crippen molar-refractivity contribution in [3.63, 3.8) is 0 Å². The summed E-state index contributed by atoms with van der Waals surface area (Å²) in [5, 5.41) is 14.9. The summed E-state index contributed by atoms with van der Waals surface area (Å²) in [4.78, 5) is 54.2. The van der Waals surface area contributed by atoms with Crippen molar-refractivity contribution >= 4 is 74.0 Å². The maximum Gasteiger partial charge on any atom is 0.301 e. The van der Waals surface area contributed by atoms with Gasteiger partial charge in [0, 0.05) is 69.2 Å². The van der Waals surface area contributed by atoms with Crippen LogP contribution in [0, 0.1) is 23.1 Å². The molecule has 5 aliphatic heterocycles. The number of rotatable bonds is 8. The van der Waals surface area contributed by atoms with Crippen molar-refractivity contribution in [3.05, 3.63) is 63.4 Å². The van der Waals surface area contributed by atoms with E-state index in [1.54, 1.807) is 26.4 Å². The predicted molar refractivity (Wildman–Crippen MR) is 255 cm³/mol. The Balaban J connectivity index is 0.701. The molecule has 19 heteroatoms. The number of aromatic nitrogens is 5. The van der Waals surface area contributed by atoms with Crippen LogP contribution >= 0.6 is 11.6 Å². The molecular weight excluding hydrogens is 899 g/mol. The topological polar surface area (TPSA) is 155 Å². The molecule has 4 saturated heterocycles. The van der Waals surface area contributed by atoms with Crippen molar-refractivity contribution < 1.29 is 27.5 Å². The summed E-state index contributed by atoms with van der Waals surface area (Å²) in [5.74, 6) is -3.49. The number of aryl methyl sites for hydroxylation is 2. The van der Waals surface area contributed by atoms with Gasteiger partial charge in [0.05, 0.1) is 40.7 Å². The Morgan fingerprint density at radius 2 is 1.65 bits per heavy atom. The van der Waals surface area contributed by atoms with E-state index in [-0.39, 0.29) is 46.8 Å². The van der Waals surface area contributed by atoms with Crippen LogP contribution in [0.1, 0.15) is 82.7 Å². The van der Waals surface area contributed by atoms with Crippen molar-refractivity contribution in [2.45, 2.75) is 95.1 Å². The lowest BCUT2D eigenvalue weighted by Gasteiger charge is -2.49. The number of pyridine rings is 1. The Morgan fingerprint density at radius 3 is 2.37 bits per heavy atom. The number of nitrogens with zero attached hydrogens (tertiary/aromatic N) is 8. The van der Waals surface area contributed by atoms with Crippen LogP contribution in [0.4, 0.5) is 42.0 Å². The number of likely N-dealkylation sites (tertiary alicyclic amines) is 1. The van der Waals surface area contributed by atoms with E-state index in [0.29, 0.717) is 86.9 Å². The van der Waals surface area contributed by atoms with E-state index in [4.69, 9.17) is 21.3 Å². The molecule has 11 rings (SSSR count). The molecule has 3 atom stereocenters. The number of carbonyl (C=O) groups is 2. The highest BCUT2D eigenvalue weighted by Crippen LogP contribution is 2.47. The molecule has 3 aromatic heterocycles. The molecule has 8 heterocycles. The van der Waals surface area contributed by atoms with Gasteiger partial charge in [0.1, 0.15) is 10.5 Å². The minimum atomic E-state index is -3.14. The smallest absolute Gasteiger partial charge is 0.301 e. The van der Waals surface area contributed by atoms with Gasteiger partial charge < -0.3 is 34.6 Å². The molecule has 2 aromatic carbocycles. The fourth-order valence-corrected chi connectivity index (χ4v) is 12.0. The molecule has 5 fully saturated rings.